The molecule has 1 unspecified atom stereocenters. The summed E-state index contributed by atoms with van der Waals surface area (Å²) in [7, 11) is 0. The highest BCUT2D eigenvalue weighted by Crippen LogP contribution is 2.33. The van der Waals surface area contributed by atoms with Crippen molar-refractivity contribution in [1.82, 2.24) is 10.2 Å². The van der Waals surface area contributed by atoms with Gasteiger partial charge < -0.3 is 15.3 Å². The van der Waals surface area contributed by atoms with Gasteiger partial charge >= 0.3 is 0 Å². The van der Waals surface area contributed by atoms with Gasteiger partial charge in [0, 0.05) is 19.0 Å². The number of amides is 2. The number of nitrogens with one attached hydrogen (secondary N) is 1. The molecule has 2 rings (SSSR count). The average molecular weight is 268 g/mol. The maximum Gasteiger partial charge on any atom is 0.225 e. The van der Waals surface area contributed by atoms with Gasteiger partial charge in [0.25, 0.3) is 0 Å². The van der Waals surface area contributed by atoms with E-state index in [9.17, 15) is 14.7 Å². The molecule has 0 radical (unpaired) electrons. The zero-order valence-electron chi connectivity index (χ0n) is 12.2. The second-order valence-corrected chi connectivity index (χ2v) is 6.85. The predicted octanol–water partition coefficient (Wildman–Crippen LogP) is 0.663. The molecular weight excluding hydrogens is 244 g/mol. The summed E-state index contributed by atoms with van der Waals surface area (Å²) < 4.78 is 0. The summed E-state index contributed by atoms with van der Waals surface area (Å²) in [5.41, 5.74) is -1.73. The Morgan fingerprint density at radius 2 is 1.89 bits per heavy atom. The van der Waals surface area contributed by atoms with Gasteiger partial charge in [-0.15, -0.1) is 0 Å². The molecule has 0 spiro atoms. The van der Waals surface area contributed by atoms with E-state index in [2.05, 4.69) is 5.32 Å². The number of carbonyl (C=O) groups excluding carboxylic acids is 2. The molecule has 1 heterocycles. The largest absolute Gasteiger partial charge is 0.388 e. The zero-order chi connectivity index (χ0) is 14.4. The van der Waals surface area contributed by atoms with Crippen molar-refractivity contribution in [3.05, 3.63) is 0 Å². The topological polar surface area (TPSA) is 69.6 Å². The minimum absolute atomic E-state index is 0.0868. The van der Waals surface area contributed by atoms with Crippen LogP contribution in [0.2, 0.25) is 0 Å². The highest BCUT2D eigenvalue weighted by atomic mass is 16.3. The van der Waals surface area contributed by atoms with Crippen molar-refractivity contribution in [2.24, 2.45) is 5.92 Å². The molecule has 108 valence electrons. The van der Waals surface area contributed by atoms with Crippen molar-refractivity contribution >= 4 is 11.8 Å². The lowest BCUT2D eigenvalue weighted by molar-refractivity contribution is -0.131. The Morgan fingerprint density at radius 3 is 2.37 bits per heavy atom. The van der Waals surface area contributed by atoms with Gasteiger partial charge in [-0.3, -0.25) is 9.59 Å². The van der Waals surface area contributed by atoms with Gasteiger partial charge in [0.15, 0.2) is 0 Å². The summed E-state index contributed by atoms with van der Waals surface area (Å²) in [6.07, 6.45) is 2.43. The molecule has 19 heavy (non-hydrogen) atoms. The molecule has 0 bridgehead atoms. The molecule has 2 fully saturated rings. The molecule has 2 aliphatic rings. The van der Waals surface area contributed by atoms with Gasteiger partial charge in [0.2, 0.25) is 11.8 Å². The van der Waals surface area contributed by atoms with E-state index in [1.165, 1.54) is 0 Å². The minimum Gasteiger partial charge on any atom is -0.388 e. The molecule has 1 aliphatic heterocycles. The van der Waals surface area contributed by atoms with Crippen LogP contribution < -0.4 is 5.32 Å². The summed E-state index contributed by atoms with van der Waals surface area (Å²) in [6, 6.07) is 0.368. The predicted molar refractivity (Wildman–Crippen MR) is 71.4 cm³/mol. The summed E-state index contributed by atoms with van der Waals surface area (Å²) >= 11 is 0. The number of nitrogens with zero attached hydrogens (tertiary/aromatic N) is 1. The average Bonchev–Trinajstić information content (AvgIpc) is 3.00. The third-order valence-corrected chi connectivity index (χ3v) is 4.48. The third kappa shape index (κ3) is 2.91. The lowest BCUT2D eigenvalue weighted by Gasteiger charge is -2.38. The Bertz CT molecular complexity index is 394. The fraction of sp³-hybridized carbons (Fsp3) is 0.857. The first-order chi connectivity index (χ1) is 8.62. The fourth-order valence-electron chi connectivity index (χ4n) is 2.21. The first-order valence-corrected chi connectivity index (χ1v) is 6.96. The Balaban J connectivity index is 1.96. The van der Waals surface area contributed by atoms with Gasteiger partial charge in [-0.1, -0.05) is 0 Å². The van der Waals surface area contributed by atoms with Gasteiger partial charge in [-0.2, -0.15) is 0 Å². The van der Waals surface area contributed by atoms with Crippen molar-refractivity contribution < 1.29 is 14.7 Å². The minimum atomic E-state index is -1.01. The van der Waals surface area contributed by atoms with Crippen LogP contribution in [0.15, 0.2) is 0 Å². The van der Waals surface area contributed by atoms with Gasteiger partial charge in [0.1, 0.15) is 0 Å². The highest BCUT2D eigenvalue weighted by Gasteiger charge is 2.44. The maximum atomic E-state index is 12.2. The van der Waals surface area contributed by atoms with Crippen molar-refractivity contribution in [3.8, 4) is 0 Å². The third-order valence-electron chi connectivity index (χ3n) is 4.48. The van der Waals surface area contributed by atoms with E-state index in [1.807, 2.05) is 4.90 Å². The highest BCUT2D eigenvalue weighted by molar-refractivity contribution is 5.89. The summed E-state index contributed by atoms with van der Waals surface area (Å²) in [5, 5.41) is 12.9. The molecule has 2 N–H and O–H groups in total. The van der Waals surface area contributed by atoms with Crippen molar-refractivity contribution in [2.75, 3.05) is 6.54 Å². The smallest absolute Gasteiger partial charge is 0.225 e. The van der Waals surface area contributed by atoms with Crippen LogP contribution in [0.1, 0.15) is 47.0 Å². The molecule has 1 atom stereocenters. The van der Waals surface area contributed by atoms with Gasteiger partial charge in [-0.05, 0) is 40.5 Å². The Morgan fingerprint density at radius 1 is 1.32 bits per heavy atom. The monoisotopic (exact) mass is 268 g/mol. The second-order valence-electron chi connectivity index (χ2n) is 6.85. The molecular formula is C14H24N2O3. The van der Waals surface area contributed by atoms with Crippen molar-refractivity contribution in [2.45, 2.75) is 64.1 Å². The van der Waals surface area contributed by atoms with E-state index in [0.29, 0.717) is 19.0 Å². The standard InChI is InChI=1S/C14H24N2O3/c1-13(2,14(3,4)19)15-12(18)9-7-11(17)16(8-9)10-5-6-10/h9-10,19H,5-8H2,1-4H3,(H,15,18). The number of hydrogen-bond acceptors (Lipinski definition) is 3. The summed E-state index contributed by atoms with van der Waals surface area (Å²) in [6.45, 7) is 7.45. The lowest BCUT2D eigenvalue weighted by atomic mass is 9.85. The normalized spacial score (nSPS) is 24.8. The molecule has 5 nitrogen and oxygen atoms in total. The van der Waals surface area contributed by atoms with Gasteiger partial charge in [0.05, 0.1) is 17.1 Å². The van der Waals surface area contributed by atoms with Crippen LogP contribution >= 0.6 is 0 Å². The van der Waals surface area contributed by atoms with E-state index in [0.717, 1.165) is 12.8 Å². The number of rotatable bonds is 4. The van der Waals surface area contributed by atoms with Crippen LogP contribution in [0, 0.1) is 5.92 Å². The Kier molecular flexibility index (Phi) is 3.37. The van der Waals surface area contributed by atoms with E-state index in [4.69, 9.17) is 0 Å². The number of hydrogen-bond donors (Lipinski definition) is 2. The summed E-state index contributed by atoms with van der Waals surface area (Å²) in [5.74, 6) is -0.331. The van der Waals surface area contributed by atoms with Crippen LogP contribution in [0.25, 0.3) is 0 Å². The lowest BCUT2D eigenvalue weighted by Crippen LogP contribution is -2.59. The first kappa shape index (κ1) is 14.3. The quantitative estimate of drug-likeness (QED) is 0.787. The SMILES string of the molecule is CC(C)(O)C(C)(C)NC(=O)C1CC(=O)N(C2CC2)C1. The number of carbonyl (C=O) groups is 2. The fourth-order valence-corrected chi connectivity index (χ4v) is 2.21. The van der Waals surface area contributed by atoms with Crippen molar-refractivity contribution in [1.29, 1.82) is 0 Å². The van der Waals surface area contributed by atoms with E-state index < -0.39 is 11.1 Å². The number of aliphatic hydroxyl groups is 1. The molecule has 1 saturated carbocycles. The molecule has 1 saturated heterocycles. The summed E-state index contributed by atoms with van der Waals surface area (Å²) in [4.78, 5) is 25.9. The van der Waals surface area contributed by atoms with E-state index in [1.54, 1.807) is 27.7 Å². The molecule has 0 aromatic heterocycles. The zero-order valence-corrected chi connectivity index (χ0v) is 12.2. The Hall–Kier alpha value is -1.10. The van der Waals surface area contributed by atoms with Crippen LogP contribution in [-0.2, 0) is 9.59 Å². The van der Waals surface area contributed by atoms with Crippen molar-refractivity contribution in [3.63, 3.8) is 0 Å². The molecule has 0 aromatic rings. The molecule has 5 heteroatoms. The molecule has 0 aromatic carbocycles. The molecule has 1 aliphatic carbocycles. The Labute approximate surface area is 114 Å². The van der Waals surface area contributed by atoms with Crippen LogP contribution in [0.5, 0.6) is 0 Å². The van der Waals surface area contributed by atoms with E-state index >= 15 is 0 Å². The first-order valence-electron chi connectivity index (χ1n) is 6.96. The second kappa shape index (κ2) is 4.47. The van der Waals surface area contributed by atoms with Crippen LogP contribution in [0.3, 0.4) is 0 Å². The molecule has 2 amide bonds. The van der Waals surface area contributed by atoms with Crippen LogP contribution in [-0.4, -0.2) is 45.5 Å². The maximum absolute atomic E-state index is 12.2. The van der Waals surface area contributed by atoms with Gasteiger partial charge in [-0.25, -0.2) is 0 Å². The van der Waals surface area contributed by atoms with E-state index in [-0.39, 0.29) is 17.7 Å². The number of likely N-dealkylation sites (tertiary alicyclic amines) is 1. The van der Waals surface area contributed by atoms with Crippen LogP contribution in [0.4, 0.5) is 0 Å².